The number of hydrogen-bond acceptors (Lipinski definition) is 3. The Morgan fingerprint density at radius 3 is 2.67 bits per heavy atom. The maximum absolute atomic E-state index is 10.1. The minimum atomic E-state index is -0.653. The summed E-state index contributed by atoms with van der Waals surface area (Å²) in [5, 5.41) is 30.0. The molecule has 1 aromatic rings. The summed E-state index contributed by atoms with van der Waals surface area (Å²) in [5.74, 6) is 0. The predicted molar refractivity (Wildman–Crippen MR) is 126 cm³/mol. The van der Waals surface area contributed by atoms with Crippen molar-refractivity contribution < 1.29 is 15.3 Å². The molecular formula is C27H40O3. The molecule has 0 radical (unpaired) electrons. The van der Waals surface area contributed by atoms with Crippen molar-refractivity contribution in [1.82, 2.24) is 0 Å². The third-order valence-corrected chi connectivity index (χ3v) is 5.85. The molecule has 0 amide bonds. The van der Waals surface area contributed by atoms with Crippen LogP contribution in [0.2, 0.25) is 0 Å². The van der Waals surface area contributed by atoms with E-state index < -0.39 is 17.8 Å². The molecule has 0 heterocycles. The number of aliphatic hydroxyl groups is 3. The van der Waals surface area contributed by atoms with Crippen LogP contribution in [0.5, 0.6) is 0 Å². The first kappa shape index (κ1) is 24.6. The molecule has 30 heavy (non-hydrogen) atoms. The van der Waals surface area contributed by atoms with Crippen LogP contribution >= 0.6 is 0 Å². The molecule has 1 aromatic carbocycles. The molecular weight excluding hydrogens is 372 g/mol. The second-order valence-corrected chi connectivity index (χ2v) is 9.34. The smallest absolute Gasteiger partial charge is 0.0811 e. The lowest BCUT2D eigenvalue weighted by Crippen LogP contribution is -2.26. The summed E-state index contributed by atoms with van der Waals surface area (Å²) in [6, 6.07) is 8.75. The second kappa shape index (κ2) is 11.6. The van der Waals surface area contributed by atoms with Gasteiger partial charge in [-0.05, 0) is 80.2 Å². The van der Waals surface area contributed by atoms with E-state index in [9.17, 15) is 15.3 Å². The monoisotopic (exact) mass is 412 g/mol. The average molecular weight is 413 g/mol. The Balaban J connectivity index is 2.15. The Morgan fingerprint density at radius 2 is 1.97 bits per heavy atom. The molecule has 2 atom stereocenters. The van der Waals surface area contributed by atoms with E-state index in [1.54, 1.807) is 0 Å². The van der Waals surface area contributed by atoms with Crippen LogP contribution in [0.25, 0.3) is 5.57 Å². The van der Waals surface area contributed by atoms with Crippen molar-refractivity contribution in [3.05, 3.63) is 65.3 Å². The number of aliphatic hydroxyl groups excluding tert-OH is 2. The molecule has 1 aliphatic rings. The molecule has 0 bridgehead atoms. The Hall–Kier alpha value is -1.68. The lowest BCUT2D eigenvalue weighted by Gasteiger charge is -2.26. The molecule has 0 saturated heterocycles. The number of aryl methyl sites for hydroxylation is 1. The van der Waals surface area contributed by atoms with Crippen LogP contribution in [0.1, 0.15) is 83.3 Å². The van der Waals surface area contributed by atoms with E-state index in [1.807, 2.05) is 19.9 Å². The fourth-order valence-electron chi connectivity index (χ4n) is 3.96. The van der Waals surface area contributed by atoms with E-state index in [4.69, 9.17) is 0 Å². The highest BCUT2D eigenvalue weighted by Crippen LogP contribution is 2.30. The highest BCUT2D eigenvalue weighted by molar-refractivity contribution is 5.68. The molecule has 2 rings (SSSR count). The van der Waals surface area contributed by atoms with Gasteiger partial charge in [-0.15, -0.1) is 0 Å². The first-order chi connectivity index (χ1) is 14.2. The summed E-state index contributed by atoms with van der Waals surface area (Å²) in [4.78, 5) is 0. The maximum Gasteiger partial charge on any atom is 0.0811 e. The van der Waals surface area contributed by atoms with Gasteiger partial charge in [-0.25, -0.2) is 0 Å². The van der Waals surface area contributed by atoms with Crippen molar-refractivity contribution >= 4 is 5.57 Å². The molecule has 1 fully saturated rings. The Morgan fingerprint density at radius 1 is 1.20 bits per heavy atom. The van der Waals surface area contributed by atoms with Crippen molar-refractivity contribution in [2.24, 2.45) is 0 Å². The van der Waals surface area contributed by atoms with Crippen LogP contribution < -0.4 is 0 Å². The lowest BCUT2D eigenvalue weighted by atomic mass is 9.85. The summed E-state index contributed by atoms with van der Waals surface area (Å²) in [7, 11) is 0. The van der Waals surface area contributed by atoms with Crippen molar-refractivity contribution in [3.8, 4) is 0 Å². The van der Waals surface area contributed by atoms with Gasteiger partial charge in [-0.1, -0.05) is 62.8 Å². The molecule has 0 aromatic heterocycles. The van der Waals surface area contributed by atoms with Crippen molar-refractivity contribution in [2.75, 3.05) is 0 Å². The van der Waals surface area contributed by atoms with Gasteiger partial charge in [-0.3, -0.25) is 0 Å². The van der Waals surface area contributed by atoms with Crippen molar-refractivity contribution in [2.45, 2.75) is 96.4 Å². The van der Waals surface area contributed by atoms with Gasteiger partial charge in [0.05, 0.1) is 17.8 Å². The average Bonchev–Trinajstić information content (AvgIpc) is 2.68. The van der Waals surface area contributed by atoms with E-state index in [0.717, 1.165) is 56.1 Å². The zero-order valence-electron chi connectivity index (χ0n) is 19.0. The number of rotatable bonds is 10. The number of unbranched alkanes of at least 4 members (excludes halogenated alkanes) is 2. The standard InChI is InChI=1S/C27H40O3/c1-5-6-12-22(14-15-23-18-25(28)19-26(29)20(23)2)24-13-9-11-21(17-24)10-7-8-16-27(3,4)30/h9,11,13-15,17,25-26,28-30H,2,5-8,10,12,16,18-19H2,1,3-4H3/b22-14-,23-15-/t25-,26+/m1/s1. The molecule has 0 spiro atoms. The predicted octanol–water partition coefficient (Wildman–Crippen LogP) is 5.74. The quantitative estimate of drug-likeness (QED) is 0.429. The van der Waals surface area contributed by atoms with E-state index in [2.05, 4.69) is 43.8 Å². The third kappa shape index (κ3) is 8.22. The Kier molecular flexibility index (Phi) is 9.54. The van der Waals surface area contributed by atoms with Gasteiger partial charge in [0.25, 0.3) is 0 Å². The third-order valence-electron chi connectivity index (χ3n) is 5.85. The first-order valence-corrected chi connectivity index (χ1v) is 11.5. The van der Waals surface area contributed by atoms with E-state index in [0.29, 0.717) is 12.8 Å². The lowest BCUT2D eigenvalue weighted by molar-refractivity contribution is 0.0682. The highest BCUT2D eigenvalue weighted by Gasteiger charge is 2.24. The molecule has 0 aliphatic heterocycles. The van der Waals surface area contributed by atoms with E-state index >= 15 is 0 Å². The maximum atomic E-state index is 10.1. The Bertz CT molecular complexity index is 752. The van der Waals surface area contributed by atoms with Crippen LogP contribution in [0.3, 0.4) is 0 Å². The van der Waals surface area contributed by atoms with Gasteiger partial charge in [0.2, 0.25) is 0 Å². The summed E-state index contributed by atoms with van der Waals surface area (Å²) in [6.45, 7) is 9.95. The van der Waals surface area contributed by atoms with E-state index in [1.165, 1.54) is 16.7 Å². The molecule has 166 valence electrons. The summed E-state index contributed by atoms with van der Waals surface area (Å²) >= 11 is 0. The molecule has 3 heteroatoms. The van der Waals surface area contributed by atoms with Gasteiger partial charge >= 0.3 is 0 Å². The van der Waals surface area contributed by atoms with Gasteiger partial charge in [-0.2, -0.15) is 0 Å². The van der Waals surface area contributed by atoms with Crippen LogP contribution in [0.4, 0.5) is 0 Å². The van der Waals surface area contributed by atoms with Crippen molar-refractivity contribution in [3.63, 3.8) is 0 Å². The topological polar surface area (TPSA) is 60.7 Å². The van der Waals surface area contributed by atoms with Crippen LogP contribution in [0, 0.1) is 0 Å². The Labute approximate surface area is 182 Å². The SMILES string of the molecule is C=C1/C(=C\C=C(\CCCC)c2cccc(CCCCC(C)(C)O)c2)C[C@@H](O)C[C@@H]1O. The molecule has 1 aliphatic carbocycles. The van der Waals surface area contributed by atoms with Crippen molar-refractivity contribution in [1.29, 1.82) is 0 Å². The summed E-state index contributed by atoms with van der Waals surface area (Å²) in [5.41, 5.74) is 4.93. The highest BCUT2D eigenvalue weighted by atomic mass is 16.3. The minimum Gasteiger partial charge on any atom is -0.393 e. The normalized spacial score (nSPS) is 22.0. The number of allylic oxidation sites excluding steroid dienone is 3. The van der Waals surface area contributed by atoms with E-state index in [-0.39, 0.29) is 0 Å². The van der Waals surface area contributed by atoms with Gasteiger partial charge in [0.1, 0.15) is 0 Å². The zero-order chi connectivity index (χ0) is 22.1. The van der Waals surface area contributed by atoms with Crippen LogP contribution in [-0.2, 0) is 6.42 Å². The fraction of sp³-hybridized carbons (Fsp3) is 0.556. The second-order valence-electron chi connectivity index (χ2n) is 9.34. The van der Waals surface area contributed by atoms with Crippen LogP contribution in [0.15, 0.2) is 54.1 Å². The summed E-state index contributed by atoms with van der Waals surface area (Å²) in [6.07, 6.45) is 11.1. The fourth-order valence-corrected chi connectivity index (χ4v) is 3.96. The van der Waals surface area contributed by atoms with Gasteiger partial charge in [0.15, 0.2) is 0 Å². The largest absolute Gasteiger partial charge is 0.393 e. The first-order valence-electron chi connectivity index (χ1n) is 11.5. The summed E-state index contributed by atoms with van der Waals surface area (Å²) < 4.78 is 0. The van der Waals surface area contributed by atoms with Gasteiger partial charge < -0.3 is 15.3 Å². The van der Waals surface area contributed by atoms with Gasteiger partial charge in [0, 0.05) is 6.42 Å². The molecule has 3 N–H and O–H groups in total. The molecule has 3 nitrogen and oxygen atoms in total. The zero-order valence-corrected chi connectivity index (χ0v) is 19.0. The number of benzene rings is 1. The van der Waals surface area contributed by atoms with Crippen LogP contribution in [-0.4, -0.2) is 33.1 Å². The minimum absolute atomic E-state index is 0.373. The molecule has 0 unspecified atom stereocenters. The molecule has 1 saturated carbocycles. The number of hydrogen-bond donors (Lipinski definition) is 3.